The van der Waals surface area contributed by atoms with Crippen LogP contribution in [0.15, 0.2) is 0 Å². The van der Waals surface area contributed by atoms with Gasteiger partial charge in [0, 0.05) is 6.04 Å². The molecule has 3 nitrogen and oxygen atoms in total. The molecule has 0 aromatic heterocycles. The van der Waals surface area contributed by atoms with Crippen molar-refractivity contribution in [2.24, 2.45) is 5.92 Å². The summed E-state index contributed by atoms with van der Waals surface area (Å²) in [5.41, 5.74) is 0. The van der Waals surface area contributed by atoms with Gasteiger partial charge >= 0.3 is 0 Å². The first-order chi connectivity index (χ1) is 8.09. The van der Waals surface area contributed by atoms with Gasteiger partial charge in [0.25, 0.3) is 0 Å². The van der Waals surface area contributed by atoms with Crippen LogP contribution in [0.25, 0.3) is 0 Å². The van der Waals surface area contributed by atoms with Crippen LogP contribution in [0.3, 0.4) is 0 Å². The first-order valence-corrected chi connectivity index (χ1v) is 7.18. The topological polar surface area (TPSA) is 32.3 Å². The summed E-state index contributed by atoms with van der Waals surface area (Å²) in [4.78, 5) is 14.4. The Hall–Kier alpha value is -0.570. The molecule has 0 aromatic carbocycles. The minimum atomic E-state index is 0.0145. The predicted octanol–water partition coefficient (Wildman–Crippen LogP) is 2.51. The van der Waals surface area contributed by atoms with Crippen molar-refractivity contribution < 1.29 is 4.79 Å². The Labute approximate surface area is 105 Å². The number of amides is 1. The van der Waals surface area contributed by atoms with Crippen molar-refractivity contribution in [1.29, 1.82) is 0 Å². The van der Waals surface area contributed by atoms with Crippen molar-refractivity contribution in [2.75, 3.05) is 0 Å². The molecule has 2 rings (SSSR count). The van der Waals surface area contributed by atoms with Gasteiger partial charge in [-0.3, -0.25) is 10.1 Å². The summed E-state index contributed by atoms with van der Waals surface area (Å²) in [5, 5.41) is 3.46. The quantitative estimate of drug-likeness (QED) is 0.819. The SMILES string of the molecule is CC(C)CC1NC(C)C(=O)N1C1CCCCC1. The number of nitrogens with zero attached hydrogens (tertiary/aromatic N) is 1. The minimum Gasteiger partial charge on any atom is -0.323 e. The van der Waals surface area contributed by atoms with Crippen molar-refractivity contribution in [3.05, 3.63) is 0 Å². The molecule has 0 spiro atoms. The van der Waals surface area contributed by atoms with Crippen LogP contribution in [-0.2, 0) is 4.79 Å². The lowest BCUT2D eigenvalue weighted by Crippen LogP contribution is -2.46. The summed E-state index contributed by atoms with van der Waals surface area (Å²) in [6.45, 7) is 6.46. The van der Waals surface area contributed by atoms with Crippen molar-refractivity contribution in [3.8, 4) is 0 Å². The van der Waals surface area contributed by atoms with E-state index in [9.17, 15) is 4.79 Å². The largest absolute Gasteiger partial charge is 0.323 e. The van der Waals surface area contributed by atoms with E-state index in [0.29, 0.717) is 17.9 Å². The van der Waals surface area contributed by atoms with Gasteiger partial charge < -0.3 is 4.90 Å². The molecule has 1 amide bonds. The smallest absolute Gasteiger partial charge is 0.240 e. The highest BCUT2D eigenvalue weighted by molar-refractivity contribution is 5.84. The van der Waals surface area contributed by atoms with E-state index >= 15 is 0 Å². The van der Waals surface area contributed by atoms with Crippen LogP contribution in [0.4, 0.5) is 0 Å². The van der Waals surface area contributed by atoms with Crippen LogP contribution >= 0.6 is 0 Å². The van der Waals surface area contributed by atoms with Gasteiger partial charge in [-0.1, -0.05) is 33.1 Å². The Balaban J connectivity index is 2.06. The number of hydrogen-bond acceptors (Lipinski definition) is 2. The van der Waals surface area contributed by atoms with E-state index in [1.807, 2.05) is 6.92 Å². The third-order valence-corrected chi connectivity index (χ3v) is 4.07. The van der Waals surface area contributed by atoms with Gasteiger partial charge in [0.15, 0.2) is 0 Å². The molecule has 1 aliphatic heterocycles. The van der Waals surface area contributed by atoms with E-state index in [4.69, 9.17) is 0 Å². The second-order valence-electron chi connectivity index (χ2n) is 6.07. The maximum Gasteiger partial charge on any atom is 0.240 e. The Bertz CT molecular complexity index is 271. The highest BCUT2D eigenvalue weighted by atomic mass is 16.2. The molecule has 1 heterocycles. The molecule has 1 saturated heterocycles. The number of carbonyl (C=O) groups is 1. The van der Waals surface area contributed by atoms with Gasteiger partial charge in [-0.15, -0.1) is 0 Å². The molecule has 2 aliphatic rings. The average molecular weight is 238 g/mol. The number of rotatable bonds is 3. The maximum absolute atomic E-state index is 12.3. The molecule has 2 atom stereocenters. The van der Waals surface area contributed by atoms with Crippen LogP contribution < -0.4 is 5.32 Å². The fourth-order valence-corrected chi connectivity index (χ4v) is 3.24. The molecule has 0 radical (unpaired) electrons. The fraction of sp³-hybridized carbons (Fsp3) is 0.929. The fourth-order valence-electron chi connectivity index (χ4n) is 3.24. The lowest BCUT2D eigenvalue weighted by Gasteiger charge is -2.35. The molecule has 2 unspecified atom stereocenters. The number of nitrogens with one attached hydrogen (secondary N) is 1. The van der Waals surface area contributed by atoms with Crippen LogP contribution in [0.1, 0.15) is 59.3 Å². The molecule has 1 saturated carbocycles. The van der Waals surface area contributed by atoms with Gasteiger partial charge in [0.1, 0.15) is 0 Å². The van der Waals surface area contributed by atoms with Gasteiger partial charge in [0.05, 0.1) is 12.2 Å². The molecule has 1 N–H and O–H groups in total. The molecule has 17 heavy (non-hydrogen) atoms. The van der Waals surface area contributed by atoms with Gasteiger partial charge in [-0.2, -0.15) is 0 Å². The second kappa shape index (κ2) is 5.38. The summed E-state index contributed by atoms with van der Waals surface area (Å²) in [5.74, 6) is 0.958. The number of hydrogen-bond donors (Lipinski definition) is 1. The van der Waals surface area contributed by atoms with E-state index in [0.717, 1.165) is 6.42 Å². The van der Waals surface area contributed by atoms with Crippen molar-refractivity contribution >= 4 is 5.91 Å². The first-order valence-electron chi connectivity index (χ1n) is 7.18. The summed E-state index contributed by atoms with van der Waals surface area (Å²) < 4.78 is 0. The zero-order valence-electron chi connectivity index (χ0n) is 11.4. The standard InChI is InChI=1S/C14H26N2O/c1-10(2)9-13-15-11(3)14(17)16(13)12-7-5-4-6-8-12/h10-13,15H,4-9H2,1-3H3. The summed E-state index contributed by atoms with van der Waals surface area (Å²) in [6.07, 6.45) is 7.68. The normalized spacial score (nSPS) is 31.5. The van der Waals surface area contributed by atoms with Crippen LogP contribution in [0.5, 0.6) is 0 Å². The van der Waals surface area contributed by atoms with E-state index < -0.39 is 0 Å². The molecule has 3 heteroatoms. The van der Waals surface area contributed by atoms with E-state index in [1.54, 1.807) is 0 Å². The molecule has 0 aromatic rings. The minimum absolute atomic E-state index is 0.0145. The third kappa shape index (κ3) is 2.82. The Morgan fingerprint density at radius 2 is 1.94 bits per heavy atom. The average Bonchev–Trinajstić information content (AvgIpc) is 2.55. The molecular weight excluding hydrogens is 212 g/mol. The summed E-state index contributed by atoms with van der Waals surface area (Å²) in [6, 6.07) is 0.512. The molecule has 2 fully saturated rings. The Morgan fingerprint density at radius 1 is 1.29 bits per heavy atom. The maximum atomic E-state index is 12.3. The van der Waals surface area contributed by atoms with Gasteiger partial charge in [-0.25, -0.2) is 0 Å². The van der Waals surface area contributed by atoms with Crippen LogP contribution in [0, 0.1) is 5.92 Å². The lowest BCUT2D eigenvalue weighted by atomic mass is 9.93. The molecule has 98 valence electrons. The summed E-state index contributed by atoms with van der Waals surface area (Å²) in [7, 11) is 0. The van der Waals surface area contributed by atoms with E-state index in [-0.39, 0.29) is 12.2 Å². The number of carbonyl (C=O) groups excluding carboxylic acids is 1. The highest BCUT2D eigenvalue weighted by Gasteiger charge is 2.40. The zero-order chi connectivity index (χ0) is 12.4. The first kappa shape index (κ1) is 12.9. The Morgan fingerprint density at radius 3 is 2.53 bits per heavy atom. The zero-order valence-corrected chi connectivity index (χ0v) is 11.4. The molecule has 0 bridgehead atoms. The van der Waals surface area contributed by atoms with Crippen molar-refractivity contribution in [1.82, 2.24) is 10.2 Å². The second-order valence-corrected chi connectivity index (χ2v) is 6.07. The summed E-state index contributed by atoms with van der Waals surface area (Å²) >= 11 is 0. The molecule has 1 aliphatic carbocycles. The molecular formula is C14H26N2O. The van der Waals surface area contributed by atoms with Crippen LogP contribution in [0.2, 0.25) is 0 Å². The van der Waals surface area contributed by atoms with E-state index in [1.165, 1.54) is 32.1 Å². The van der Waals surface area contributed by atoms with Gasteiger partial charge in [-0.05, 0) is 32.1 Å². The van der Waals surface area contributed by atoms with E-state index in [2.05, 4.69) is 24.1 Å². The van der Waals surface area contributed by atoms with Crippen LogP contribution in [-0.4, -0.2) is 29.1 Å². The van der Waals surface area contributed by atoms with Gasteiger partial charge in [0.2, 0.25) is 5.91 Å². The third-order valence-electron chi connectivity index (χ3n) is 4.07. The predicted molar refractivity (Wildman–Crippen MR) is 69.6 cm³/mol. The highest BCUT2D eigenvalue weighted by Crippen LogP contribution is 2.28. The van der Waals surface area contributed by atoms with Crippen molar-refractivity contribution in [3.63, 3.8) is 0 Å². The lowest BCUT2D eigenvalue weighted by molar-refractivity contribution is -0.132. The van der Waals surface area contributed by atoms with Crippen molar-refractivity contribution in [2.45, 2.75) is 77.5 Å². The Kier molecular flexibility index (Phi) is 4.08. The monoisotopic (exact) mass is 238 g/mol.